The zero-order valence-corrected chi connectivity index (χ0v) is 20.2. The summed E-state index contributed by atoms with van der Waals surface area (Å²) in [6, 6.07) is 11.5. The molecule has 0 unspecified atom stereocenters. The number of nitrogens with zero attached hydrogens (tertiary/aromatic N) is 1. The predicted octanol–water partition coefficient (Wildman–Crippen LogP) is 3.30. The van der Waals surface area contributed by atoms with E-state index in [1.54, 1.807) is 12.1 Å². The van der Waals surface area contributed by atoms with E-state index in [1.165, 1.54) is 36.4 Å². The molecule has 10 heteroatoms. The summed E-state index contributed by atoms with van der Waals surface area (Å²) in [6.07, 6.45) is 7.42. The van der Waals surface area contributed by atoms with Crippen LogP contribution in [0.2, 0.25) is 0 Å². The predicted molar refractivity (Wildman–Crippen MR) is 133 cm³/mol. The van der Waals surface area contributed by atoms with Gasteiger partial charge in [0.2, 0.25) is 11.8 Å². The molecule has 194 valence electrons. The molecule has 0 spiro atoms. The minimum atomic E-state index is -0.870. The van der Waals surface area contributed by atoms with Crippen LogP contribution in [0.4, 0.5) is 0 Å². The van der Waals surface area contributed by atoms with Gasteiger partial charge in [-0.2, -0.15) is 5.01 Å². The van der Waals surface area contributed by atoms with Crippen molar-refractivity contribution in [1.82, 2.24) is 15.9 Å². The zero-order chi connectivity index (χ0) is 26.3. The molecule has 0 aliphatic rings. The molecule has 0 fully saturated rings. The van der Waals surface area contributed by atoms with Crippen LogP contribution >= 0.6 is 0 Å². The molecule has 10 nitrogen and oxygen atoms in total. The second-order valence-electron chi connectivity index (χ2n) is 8.41. The second kappa shape index (κ2) is 15.2. The van der Waals surface area contributed by atoms with Crippen LogP contribution in [0.3, 0.4) is 0 Å². The number of rotatable bonds is 13. The van der Waals surface area contributed by atoms with Gasteiger partial charge in [0.1, 0.15) is 11.5 Å². The minimum Gasteiger partial charge on any atom is -0.507 e. The van der Waals surface area contributed by atoms with E-state index in [-0.39, 0.29) is 35.0 Å². The molecule has 4 amide bonds. The molecule has 0 saturated carbocycles. The average Bonchev–Trinajstić information content (AvgIpc) is 2.88. The monoisotopic (exact) mass is 498 g/mol. The Bertz CT molecular complexity index is 1040. The lowest BCUT2D eigenvalue weighted by Gasteiger charge is -2.22. The summed E-state index contributed by atoms with van der Waals surface area (Å²) in [7, 11) is 0. The van der Waals surface area contributed by atoms with Crippen LogP contribution in [-0.2, 0) is 9.59 Å². The van der Waals surface area contributed by atoms with E-state index in [9.17, 15) is 29.4 Å². The number of imide groups is 1. The van der Waals surface area contributed by atoms with Crippen molar-refractivity contribution in [1.29, 1.82) is 0 Å². The molecule has 0 heterocycles. The maximum absolute atomic E-state index is 13.0. The van der Waals surface area contributed by atoms with Crippen LogP contribution in [0.15, 0.2) is 48.5 Å². The van der Waals surface area contributed by atoms with Crippen LogP contribution in [0.25, 0.3) is 0 Å². The number of hydrogen-bond acceptors (Lipinski definition) is 7. The van der Waals surface area contributed by atoms with Gasteiger partial charge in [-0.1, -0.05) is 62.8 Å². The second-order valence-corrected chi connectivity index (χ2v) is 8.41. The number of amides is 4. The lowest BCUT2D eigenvalue weighted by molar-refractivity contribution is -0.130. The summed E-state index contributed by atoms with van der Waals surface area (Å²) >= 11 is 0. The quantitative estimate of drug-likeness (QED) is 0.122. The molecule has 0 bridgehead atoms. The number of aromatic hydroxyl groups is 2. The number of benzene rings is 2. The first kappa shape index (κ1) is 28.3. The van der Waals surface area contributed by atoms with Gasteiger partial charge in [0.05, 0.1) is 11.1 Å². The fourth-order valence-corrected chi connectivity index (χ4v) is 3.64. The van der Waals surface area contributed by atoms with Crippen LogP contribution in [0, 0.1) is 0 Å². The number of carbonyl (C=O) groups is 4. The molecular weight excluding hydrogens is 464 g/mol. The van der Waals surface area contributed by atoms with Gasteiger partial charge < -0.3 is 10.2 Å². The Morgan fingerprint density at radius 3 is 1.69 bits per heavy atom. The Morgan fingerprint density at radius 2 is 1.17 bits per heavy atom. The highest BCUT2D eigenvalue weighted by Gasteiger charge is 2.27. The molecule has 2 aromatic carbocycles. The number of carbonyl (C=O) groups excluding carboxylic acids is 4. The van der Waals surface area contributed by atoms with Crippen molar-refractivity contribution in [3.8, 4) is 11.5 Å². The number of para-hydroxylation sites is 2. The average molecular weight is 499 g/mol. The summed E-state index contributed by atoms with van der Waals surface area (Å²) in [5, 5.41) is 20.6. The van der Waals surface area contributed by atoms with E-state index in [0.717, 1.165) is 44.9 Å². The number of phenols is 2. The number of phenolic OH excluding ortho intramolecular Hbond substituents is 2. The fourth-order valence-electron chi connectivity index (χ4n) is 3.64. The van der Waals surface area contributed by atoms with Gasteiger partial charge >= 0.3 is 0 Å². The molecule has 0 aliphatic carbocycles. The molecule has 2 rings (SSSR count). The van der Waals surface area contributed by atoms with Gasteiger partial charge in [-0.15, -0.1) is 0 Å². The van der Waals surface area contributed by atoms with Gasteiger partial charge in [0.25, 0.3) is 11.8 Å². The summed E-state index contributed by atoms with van der Waals surface area (Å²) in [4.78, 5) is 49.7. The van der Waals surface area contributed by atoms with Crippen molar-refractivity contribution in [2.75, 3.05) is 0 Å². The summed E-state index contributed by atoms with van der Waals surface area (Å²) in [5.41, 5.74) is 4.16. The lowest BCUT2D eigenvalue weighted by Crippen LogP contribution is -2.49. The molecule has 0 aliphatic heterocycles. The van der Waals surface area contributed by atoms with Gasteiger partial charge in [-0.25, -0.2) is 5.84 Å². The maximum Gasteiger partial charge on any atom is 0.283 e. The molecule has 0 aromatic heterocycles. The third kappa shape index (κ3) is 9.03. The molecule has 0 radical (unpaired) electrons. The number of nitrogens with one attached hydrogen (secondary N) is 2. The topological polar surface area (TPSA) is 162 Å². The summed E-state index contributed by atoms with van der Waals surface area (Å²) in [6.45, 7) is 0. The standard InChI is InChI=1S/C26H34N4O6/c27-28-23(33)17-7-5-3-1-2-4-6-8-18-24(34)30(26(36)20-14-10-12-16-22(20)32)29-25(35)19-13-9-11-15-21(19)31/h9-16,31-32H,1-8,17-18,27H2,(H,28,33)(H,29,35). The molecule has 0 atom stereocenters. The van der Waals surface area contributed by atoms with Crippen molar-refractivity contribution in [3.05, 3.63) is 59.7 Å². The Kier molecular flexibility index (Phi) is 11.9. The Balaban J connectivity index is 1.88. The van der Waals surface area contributed by atoms with E-state index in [4.69, 9.17) is 5.84 Å². The fraction of sp³-hybridized carbons (Fsp3) is 0.385. The molecular formula is C26H34N4O6. The van der Waals surface area contributed by atoms with Crippen LogP contribution < -0.4 is 16.7 Å². The smallest absolute Gasteiger partial charge is 0.283 e. The highest BCUT2D eigenvalue weighted by atomic mass is 16.3. The van der Waals surface area contributed by atoms with Gasteiger partial charge in [-0.3, -0.25) is 30.0 Å². The largest absolute Gasteiger partial charge is 0.507 e. The van der Waals surface area contributed by atoms with Crippen molar-refractivity contribution in [2.24, 2.45) is 5.84 Å². The molecule has 0 saturated heterocycles. The Hall–Kier alpha value is -3.92. The third-order valence-electron chi connectivity index (χ3n) is 5.65. The first-order chi connectivity index (χ1) is 17.3. The third-order valence-corrected chi connectivity index (χ3v) is 5.65. The summed E-state index contributed by atoms with van der Waals surface area (Å²) < 4.78 is 0. The van der Waals surface area contributed by atoms with E-state index < -0.39 is 17.7 Å². The summed E-state index contributed by atoms with van der Waals surface area (Å²) in [5.74, 6) is 1.96. The number of unbranched alkanes of at least 4 members (excludes halogenated alkanes) is 7. The van der Waals surface area contributed by atoms with Crippen LogP contribution in [0.1, 0.15) is 84.9 Å². The Labute approximate surface area is 210 Å². The Morgan fingerprint density at radius 1 is 0.694 bits per heavy atom. The first-order valence-electron chi connectivity index (χ1n) is 12.1. The van der Waals surface area contributed by atoms with E-state index in [0.29, 0.717) is 17.9 Å². The lowest BCUT2D eigenvalue weighted by atomic mass is 10.1. The van der Waals surface area contributed by atoms with Gasteiger partial charge in [0, 0.05) is 12.8 Å². The maximum atomic E-state index is 13.0. The van der Waals surface area contributed by atoms with Crippen LogP contribution in [-0.4, -0.2) is 38.9 Å². The van der Waals surface area contributed by atoms with Crippen molar-refractivity contribution < 1.29 is 29.4 Å². The van der Waals surface area contributed by atoms with Crippen LogP contribution in [0.5, 0.6) is 11.5 Å². The van der Waals surface area contributed by atoms with Crippen molar-refractivity contribution >= 4 is 23.6 Å². The number of nitrogens with two attached hydrogens (primary N) is 1. The van der Waals surface area contributed by atoms with Crippen molar-refractivity contribution in [2.45, 2.75) is 64.2 Å². The molecule has 36 heavy (non-hydrogen) atoms. The van der Waals surface area contributed by atoms with Crippen molar-refractivity contribution in [3.63, 3.8) is 0 Å². The SMILES string of the molecule is NNC(=O)CCCCCCCCCCC(=O)N(NC(=O)c1ccccc1O)C(=O)c1ccccc1O. The molecule has 6 N–H and O–H groups in total. The van der Waals surface area contributed by atoms with E-state index in [2.05, 4.69) is 10.9 Å². The number of hydrazine groups is 2. The van der Waals surface area contributed by atoms with E-state index >= 15 is 0 Å². The first-order valence-corrected chi connectivity index (χ1v) is 12.1. The highest BCUT2D eigenvalue weighted by Crippen LogP contribution is 2.20. The normalized spacial score (nSPS) is 10.5. The van der Waals surface area contributed by atoms with E-state index in [1.807, 2.05) is 0 Å². The number of hydrogen-bond donors (Lipinski definition) is 5. The highest BCUT2D eigenvalue weighted by molar-refractivity contribution is 6.08. The zero-order valence-electron chi connectivity index (χ0n) is 20.2. The molecule has 2 aromatic rings. The minimum absolute atomic E-state index is 0.0224. The van der Waals surface area contributed by atoms with Gasteiger partial charge in [0.15, 0.2) is 0 Å². The van der Waals surface area contributed by atoms with Gasteiger partial charge in [-0.05, 0) is 37.1 Å².